The molecule has 0 aromatic heterocycles. The van der Waals surface area contributed by atoms with Crippen molar-refractivity contribution in [2.75, 3.05) is 12.3 Å². The summed E-state index contributed by atoms with van der Waals surface area (Å²) >= 11 is 3.37. The zero-order chi connectivity index (χ0) is 15.0. The lowest BCUT2D eigenvalue weighted by atomic mass is 9.74. The number of halogens is 1. The smallest absolute Gasteiger partial charge is 0.163 e. The number of anilines is 1. The van der Waals surface area contributed by atoms with Crippen LogP contribution in [0.15, 0.2) is 16.6 Å². The Morgan fingerprint density at radius 1 is 1.48 bits per heavy atom. The van der Waals surface area contributed by atoms with Gasteiger partial charge in [0.05, 0.1) is 23.5 Å². The molecule has 4 nitrogen and oxygen atoms in total. The summed E-state index contributed by atoms with van der Waals surface area (Å²) in [5.74, 6) is 0.482. The van der Waals surface area contributed by atoms with Crippen LogP contribution in [0.1, 0.15) is 49.4 Å². The van der Waals surface area contributed by atoms with Crippen LogP contribution in [0.3, 0.4) is 0 Å². The average molecular weight is 354 g/mol. The Morgan fingerprint density at radius 2 is 2.24 bits per heavy atom. The quantitative estimate of drug-likeness (QED) is 0.664. The lowest BCUT2D eigenvalue weighted by molar-refractivity contribution is -0.153. The third-order valence-corrected chi connectivity index (χ3v) is 4.92. The summed E-state index contributed by atoms with van der Waals surface area (Å²) in [6, 6.07) is 3.55. The van der Waals surface area contributed by atoms with Crippen molar-refractivity contribution in [3.8, 4) is 5.75 Å². The fourth-order valence-corrected chi connectivity index (χ4v) is 3.65. The summed E-state index contributed by atoms with van der Waals surface area (Å²) in [5.41, 5.74) is 7.11. The van der Waals surface area contributed by atoms with Gasteiger partial charge in [0.25, 0.3) is 0 Å². The molecule has 1 atom stereocenters. The third-order valence-electron chi connectivity index (χ3n) is 4.46. The van der Waals surface area contributed by atoms with Crippen LogP contribution in [0.5, 0.6) is 5.75 Å². The number of nitrogen functional groups attached to an aromatic ring is 1. The molecule has 1 saturated heterocycles. The van der Waals surface area contributed by atoms with Crippen molar-refractivity contribution in [3.63, 3.8) is 0 Å². The number of rotatable bonds is 3. The van der Waals surface area contributed by atoms with E-state index in [0.29, 0.717) is 17.0 Å². The van der Waals surface area contributed by atoms with Crippen LogP contribution in [0, 0.1) is 0 Å². The molecule has 114 valence electrons. The summed E-state index contributed by atoms with van der Waals surface area (Å²) < 4.78 is 12.8. The van der Waals surface area contributed by atoms with Gasteiger partial charge in [0.15, 0.2) is 11.5 Å². The first-order valence-corrected chi connectivity index (χ1v) is 8.19. The van der Waals surface area contributed by atoms with Gasteiger partial charge in [-0.3, -0.25) is 4.79 Å². The second-order valence-electron chi connectivity index (χ2n) is 6.05. The minimum Gasteiger partial charge on any atom is -0.487 e. The van der Waals surface area contributed by atoms with E-state index < -0.39 is 0 Å². The molecule has 1 spiro atoms. The lowest BCUT2D eigenvalue weighted by Crippen LogP contribution is -2.48. The standard InChI is InChI=1S/C16H20BrNO3/c1-10(19)13-7-11(17)8-14(18)15(13)21-12-3-6-20-16(9-12)4-2-5-16/h7-8,12H,2-6,9,18H2,1H3. The molecule has 1 heterocycles. The molecule has 0 bridgehead atoms. The van der Waals surface area contributed by atoms with Gasteiger partial charge in [-0.1, -0.05) is 15.9 Å². The van der Waals surface area contributed by atoms with Crippen LogP contribution >= 0.6 is 15.9 Å². The fourth-order valence-electron chi connectivity index (χ4n) is 3.18. The molecule has 2 N–H and O–H groups in total. The number of hydrogen-bond acceptors (Lipinski definition) is 4. The van der Waals surface area contributed by atoms with Crippen molar-refractivity contribution in [3.05, 3.63) is 22.2 Å². The van der Waals surface area contributed by atoms with Gasteiger partial charge in [-0.25, -0.2) is 0 Å². The number of ketones is 1. The van der Waals surface area contributed by atoms with Crippen molar-refractivity contribution >= 4 is 27.4 Å². The molecule has 0 radical (unpaired) electrons. The first-order valence-electron chi connectivity index (χ1n) is 7.40. The maximum absolute atomic E-state index is 11.8. The van der Waals surface area contributed by atoms with E-state index in [1.807, 2.05) is 0 Å². The first kappa shape index (κ1) is 14.9. The van der Waals surface area contributed by atoms with Crippen molar-refractivity contribution in [1.82, 2.24) is 0 Å². The van der Waals surface area contributed by atoms with E-state index in [-0.39, 0.29) is 17.5 Å². The Kier molecular flexibility index (Phi) is 3.97. The fraction of sp³-hybridized carbons (Fsp3) is 0.562. The SMILES string of the molecule is CC(=O)c1cc(Br)cc(N)c1OC1CCOC2(CCC2)C1. The summed E-state index contributed by atoms with van der Waals surface area (Å²) in [6.07, 6.45) is 5.26. The highest BCUT2D eigenvalue weighted by Gasteiger charge is 2.43. The van der Waals surface area contributed by atoms with Crippen LogP contribution in [-0.4, -0.2) is 24.1 Å². The largest absolute Gasteiger partial charge is 0.487 e. The molecule has 1 aliphatic heterocycles. The minimum absolute atomic E-state index is 0.0173. The van der Waals surface area contributed by atoms with Gasteiger partial charge in [0.1, 0.15) is 6.10 Å². The molecule has 2 aliphatic rings. The predicted octanol–water partition coefficient (Wildman–Crippen LogP) is 3.71. The predicted molar refractivity (Wildman–Crippen MR) is 84.7 cm³/mol. The molecule has 1 aromatic carbocycles. The Labute approximate surface area is 133 Å². The summed E-state index contributed by atoms with van der Waals surface area (Å²) in [5, 5.41) is 0. The highest BCUT2D eigenvalue weighted by atomic mass is 79.9. The van der Waals surface area contributed by atoms with Gasteiger partial charge in [-0.05, 0) is 38.3 Å². The normalized spacial score (nSPS) is 23.6. The number of ether oxygens (including phenoxy) is 2. The van der Waals surface area contributed by atoms with Gasteiger partial charge >= 0.3 is 0 Å². The number of carbonyl (C=O) groups excluding carboxylic acids is 1. The minimum atomic E-state index is -0.0385. The van der Waals surface area contributed by atoms with Crippen LogP contribution in [0.25, 0.3) is 0 Å². The van der Waals surface area contributed by atoms with Gasteiger partial charge in [0.2, 0.25) is 0 Å². The first-order chi connectivity index (χ1) is 9.99. The van der Waals surface area contributed by atoms with Crippen molar-refractivity contribution in [2.24, 2.45) is 0 Å². The number of carbonyl (C=O) groups is 1. The summed E-state index contributed by atoms with van der Waals surface area (Å²) in [7, 11) is 0. The molecule has 2 fully saturated rings. The summed E-state index contributed by atoms with van der Waals surface area (Å²) in [4.78, 5) is 11.8. The molecule has 1 aliphatic carbocycles. The van der Waals surface area contributed by atoms with E-state index in [0.717, 1.165) is 36.8 Å². The van der Waals surface area contributed by atoms with E-state index in [2.05, 4.69) is 15.9 Å². The molecule has 5 heteroatoms. The van der Waals surface area contributed by atoms with E-state index in [9.17, 15) is 4.79 Å². The van der Waals surface area contributed by atoms with Gasteiger partial charge in [-0.15, -0.1) is 0 Å². The van der Waals surface area contributed by atoms with Crippen LogP contribution < -0.4 is 10.5 Å². The van der Waals surface area contributed by atoms with Gasteiger partial charge in [-0.2, -0.15) is 0 Å². The zero-order valence-electron chi connectivity index (χ0n) is 12.2. The Bertz CT molecular complexity index is 569. The summed E-state index contributed by atoms with van der Waals surface area (Å²) in [6.45, 7) is 2.25. The molecule has 1 aromatic rings. The van der Waals surface area contributed by atoms with Crippen LogP contribution in [0.2, 0.25) is 0 Å². The molecular weight excluding hydrogens is 334 g/mol. The lowest BCUT2D eigenvalue weighted by Gasteiger charge is -2.47. The topological polar surface area (TPSA) is 61.6 Å². The second kappa shape index (κ2) is 5.61. The molecule has 3 rings (SSSR count). The highest BCUT2D eigenvalue weighted by molar-refractivity contribution is 9.10. The Balaban J connectivity index is 1.82. The van der Waals surface area contributed by atoms with Gasteiger partial charge in [0, 0.05) is 17.3 Å². The molecule has 1 unspecified atom stereocenters. The van der Waals surface area contributed by atoms with E-state index >= 15 is 0 Å². The van der Waals surface area contributed by atoms with Crippen molar-refractivity contribution in [1.29, 1.82) is 0 Å². The third kappa shape index (κ3) is 2.94. The van der Waals surface area contributed by atoms with E-state index in [1.54, 1.807) is 12.1 Å². The molecule has 21 heavy (non-hydrogen) atoms. The monoisotopic (exact) mass is 353 g/mol. The molecule has 0 amide bonds. The number of benzene rings is 1. The average Bonchev–Trinajstić information content (AvgIpc) is 2.40. The van der Waals surface area contributed by atoms with Crippen molar-refractivity contribution < 1.29 is 14.3 Å². The van der Waals surface area contributed by atoms with Gasteiger partial charge < -0.3 is 15.2 Å². The number of Topliss-reactive ketones (excluding diaryl/α,β-unsaturated/α-hetero) is 1. The van der Waals surface area contributed by atoms with Crippen LogP contribution in [-0.2, 0) is 4.74 Å². The maximum Gasteiger partial charge on any atom is 0.163 e. The van der Waals surface area contributed by atoms with Crippen molar-refractivity contribution in [2.45, 2.75) is 50.7 Å². The Morgan fingerprint density at radius 3 is 2.86 bits per heavy atom. The maximum atomic E-state index is 11.8. The van der Waals surface area contributed by atoms with E-state index in [1.165, 1.54) is 13.3 Å². The van der Waals surface area contributed by atoms with E-state index in [4.69, 9.17) is 15.2 Å². The van der Waals surface area contributed by atoms with Crippen LogP contribution in [0.4, 0.5) is 5.69 Å². The number of nitrogens with two attached hydrogens (primary N) is 1. The number of hydrogen-bond donors (Lipinski definition) is 1. The highest BCUT2D eigenvalue weighted by Crippen LogP contribution is 2.44. The molecule has 1 saturated carbocycles. The Hall–Kier alpha value is -1.07. The second-order valence-corrected chi connectivity index (χ2v) is 6.96. The molecular formula is C16H20BrNO3. The zero-order valence-corrected chi connectivity index (χ0v) is 13.7.